The number of hydrogen-bond acceptors (Lipinski definition) is 7. The van der Waals surface area contributed by atoms with Gasteiger partial charge in [-0.25, -0.2) is 0 Å². The van der Waals surface area contributed by atoms with Crippen molar-refractivity contribution in [3.8, 4) is 0 Å². The highest BCUT2D eigenvalue weighted by atomic mass is 15.3. The molecule has 7 heteroatoms. The predicted molar refractivity (Wildman–Crippen MR) is 109 cm³/mol. The maximum Gasteiger partial charge on any atom is 0.249 e. The van der Waals surface area contributed by atoms with Crippen LogP contribution in [0.4, 0.5) is 23.1 Å². The molecule has 0 bridgehead atoms. The number of nitrogens with one attached hydrogen (secondary N) is 2. The molecule has 0 radical (unpaired) electrons. The van der Waals surface area contributed by atoms with Gasteiger partial charge in [-0.2, -0.15) is 10.1 Å². The van der Waals surface area contributed by atoms with Gasteiger partial charge in [0.1, 0.15) is 0 Å². The van der Waals surface area contributed by atoms with Crippen molar-refractivity contribution >= 4 is 23.1 Å². The number of hydrogen-bond donors (Lipinski definition) is 2. The summed E-state index contributed by atoms with van der Waals surface area (Å²) in [6.45, 7) is 9.03. The maximum atomic E-state index is 4.49. The van der Waals surface area contributed by atoms with E-state index in [0.717, 1.165) is 29.9 Å². The van der Waals surface area contributed by atoms with Crippen LogP contribution in [-0.2, 0) is 6.54 Å². The van der Waals surface area contributed by atoms with E-state index >= 15 is 0 Å². The molecule has 0 saturated heterocycles. The Hall–Kier alpha value is -3.22. The second kappa shape index (κ2) is 8.93. The first-order chi connectivity index (χ1) is 13.2. The molecule has 0 atom stereocenters. The molecule has 3 aromatic rings. The average molecular weight is 363 g/mol. The third kappa shape index (κ3) is 4.91. The van der Waals surface area contributed by atoms with E-state index in [1.54, 1.807) is 18.6 Å². The van der Waals surface area contributed by atoms with Crippen LogP contribution in [0.25, 0.3) is 0 Å². The summed E-state index contributed by atoms with van der Waals surface area (Å²) in [7, 11) is 0. The maximum absolute atomic E-state index is 4.49. The van der Waals surface area contributed by atoms with Crippen molar-refractivity contribution in [2.75, 3.05) is 28.6 Å². The van der Waals surface area contributed by atoms with Crippen LogP contribution >= 0.6 is 0 Å². The molecular weight excluding hydrogens is 338 g/mol. The van der Waals surface area contributed by atoms with Crippen molar-refractivity contribution < 1.29 is 0 Å². The summed E-state index contributed by atoms with van der Waals surface area (Å²) < 4.78 is 0. The van der Waals surface area contributed by atoms with E-state index in [1.807, 2.05) is 12.1 Å². The fraction of sp³-hybridized carbons (Fsp3) is 0.300. The second-order valence-corrected chi connectivity index (χ2v) is 6.17. The fourth-order valence-electron chi connectivity index (χ4n) is 2.83. The van der Waals surface area contributed by atoms with Crippen molar-refractivity contribution in [3.05, 3.63) is 60.0 Å². The molecule has 0 fully saturated rings. The van der Waals surface area contributed by atoms with Gasteiger partial charge in [-0.3, -0.25) is 4.98 Å². The highest BCUT2D eigenvalue weighted by Gasteiger charge is 2.07. The summed E-state index contributed by atoms with van der Waals surface area (Å²) in [6, 6.07) is 10.3. The summed E-state index contributed by atoms with van der Waals surface area (Å²) in [5.41, 5.74) is 4.45. The minimum absolute atomic E-state index is 0.466. The third-order valence-corrected chi connectivity index (χ3v) is 4.37. The lowest BCUT2D eigenvalue weighted by Crippen LogP contribution is -2.21. The molecular formula is C20H25N7. The summed E-state index contributed by atoms with van der Waals surface area (Å²) >= 11 is 0. The topological polar surface area (TPSA) is 78.9 Å². The van der Waals surface area contributed by atoms with Crippen LogP contribution in [0.3, 0.4) is 0 Å². The van der Waals surface area contributed by atoms with Crippen molar-refractivity contribution in [3.63, 3.8) is 0 Å². The molecule has 1 aromatic carbocycles. The Labute approximate surface area is 159 Å². The van der Waals surface area contributed by atoms with Crippen LogP contribution in [0, 0.1) is 6.92 Å². The first-order valence-corrected chi connectivity index (χ1v) is 9.14. The lowest BCUT2D eigenvalue weighted by molar-refractivity contribution is 0.865. The lowest BCUT2D eigenvalue weighted by Gasteiger charge is -2.22. The Kier molecular flexibility index (Phi) is 6.14. The molecule has 0 saturated carbocycles. The van der Waals surface area contributed by atoms with E-state index in [0.29, 0.717) is 18.3 Å². The van der Waals surface area contributed by atoms with Crippen molar-refractivity contribution in [2.45, 2.75) is 27.3 Å². The van der Waals surface area contributed by atoms with Crippen LogP contribution in [0.2, 0.25) is 0 Å². The zero-order valence-electron chi connectivity index (χ0n) is 16.0. The van der Waals surface area contributed by atoms with Crippen LogP contribution in [0.15, 0.2) is 48.9 Å². The highest BCUT2D eigenvalue weighted by Crippen LogP contribution is 2.24. The van der Waals surface area contributed by atoms with E-state index in [-0.39, 0.29) is 0 Å². The van der Waals surface area contributed by atoms with E-state index in [4.69, 9.17) is 0 Å². The number of pyridine rings is 1. The van der Waals surface area contributed by atoms with Crippen molar-refractivity contribution in [1.29, 1.82) is 0 Å². The van der Waals surface area contributed by atoms with Gasteiger partial charge in [-0.05, 0) is 62.2 Å². The Morgan fingerprint density at radius 1 is 1.04 bits per heavy atom. The summed E-state index contributed by atoms with van der Waals surface area (Å²) in [5.74, 6) is 1.13. The predicted octanol–water partition coefficient (Wildman–Crippen LogP) is 3.78. The first kappa shape index (κ1) is 18.6. The largest absolute Gasteiger partial charge is 0.372 e. The monoisotopic (exact) mass is 363 g/mol. The number of anilines is 4. The lowest BCUT2D eigenvalue weighted by atomic mass is 10.1. The van der Waals surface area contributed by atoms with E-state index in [1.165, 1.54) is 5.69 Å². The van der Waals surface area contributed by atoms with E-state index < -0.39 is 0 Å². The van der Waals surface area contributed by atoms with Gasteiger partial charge < -0.3 is 15.5 Å². The molecule has 2 aromatic heterocycles. The standard InChI is InChI=1S/C20H25N7/c1-4-27(5-2)17-6-7-18(15(3)12-17)24-20-25-19(14-23-26-20)22-13-16-8-10-21-11-9-16/h6-12,14H,4-5,13H2,1-3H3,(H2,22,24,25,26). The minimum atomic E-state index is 0.466. The van der Waals surface area contributed by atoms with Gasteiger partial charge in [0.25, 0.3) is 0 Å². The van der Waals surface area contributed by atoms with Crippen molar-refractivity contribution in [2.24, 2.45) is 0 Å². The number of aromatic nitrogens is 4. The van der Waals surface area contributed by atoms with Gasteiger partial charge in [0.05, 0.1) is 6.20 Å². The summed E-state index contributed by atoms with van der Waals surface area (Å²) in [4.78, 5) is 10.8. The zero-order valence-corrected chi connectivity index (χ0v) is 16.0. The minimum Gasteiger partial charge on any atom is -0.372 e. The molecule has 0 aliphatic carbocycles. The second-order valence-electron chi connectivity index (χ2n) is 6.17. The van der Waals surface area contributed by atoms with Crippen LogP contribution in [-0.4, -0.2) is 33.3 Å². The van der Waals surface area contributed by atoms with Gasteiger partial charge >= 0.3 is 0 Å². The summed E-state index contributed by atoms with van der Waals surface area (Å²) in [6.07, 6.45) is 5.16. The molecule has 0 unspecified atom stereocenters. The fourth-order valence-corrected chi connectivity index (χ4v) is 2.83. The van der Waals surface area contributed by atoms with Gasteiger partial charge in [-0.1, -0.05) is 0 Å². The quantitative estimate of drug-likeness (QED) is 0.630. The van der Waals surface area contributed by atoms with Gasteiger partial charge in [0.2, 0.25) is 5.95 Å². The average Bonchev–Trinajstić information content (AvgIpc) is 2.70. The first-order valence-electron chi connectivity index (χ1n) is 9.14. The zero-order chi connectivity index (χ0) is 19.1. The number of aryl methyl sites for hydroxylation is 1. The molecule has 2 N–H and O–H groups in total. The number of rotatable bonds is 8. The van der Waals surface area contributed by atoms with Gasteiger partial charge in [0.15, 0.2) is 5.82 Å². The Morgan fingerprint density at radius 2 is 1.81 bits per heavy atom. The highest BCUT2D eigenvalue weighted by molar-refractivity contribution is 5.64. The molecule has 140 valence electrons. The van der Waals surface area contributed by atoms with E-state index in [9.17, 15) is 0 Å². The summed E-state index contributed by atoms with van der Waals surface area (Å²) in [5, 5.41) is 14.6. The number of benzene rings is 1. The molecule has 7 nitrogen and oxygen atoms in total. The molecule has 2 heterocycles. The Bertz CT molecular complexity index is 863. The Balaban J connectivity index is 1.69. The molecule has 0 aliphatic heterocycles. The van der Waals surface area contributed by atoms with Gasteiger partial charge in [0, 0.05) is 43.4 Å². The SMILES string of the molecule is CCN(CC)c1ccc(Nc2nncc(NCc3ccncc3)n2)c(C)c1. The Morgan fingerprint density at radius 3 is 2.52 bits per heavy atom. The van der Waals surface area contributed by atoms with Crippen molar-refractivity contribution in [1.82, 2.24) is 20.2 Å². The molecule has 0 amide bonds. The van der Waals surface area contributed by atoms with Crippen LogP contribution in [0.5, 0.6) is 0 Å². The van der Waals surface area contributed by atoms with Crippen LogP contribution in [0.1, 0.15) is 25.0 Å². The molecule has 0 spiro atoms. The van der Waals surface area contributed by atoms with Crippen LogP contribution < -0.4 is 15.5 Å². The third-order valence-electron chi connectivity index (χ3n) is 4.37. The normalized spacial score (nSPS) is 10.5. The van der Waals surface area contributed by atoms with E-state index in [2.05, 4.69) is 74.7 Å². The molecule has 3 rings (SSSR count). The smallest absolute Gasteiger partial charge is 0.249 e. The molecule has 27 heavy (non-hydrogen) atoms. The number of nitrogens with zero attached hydrogens (tertiary/aromatic N) is 5. The van der Waals surface area contributed by atoms with Gasteiger partial charge in [-0.15, -0.1) is 5.10 Å². The molecule has 0 aliphatic rings.